The molecule has 2 heterocycles. The van der Waals surface area contributed by atoms with Gasteiger partial charge in [0.05, 0.1) is 23.0 Å². The van der Waals surface area contributed by atoms with E-state index in [9.17, 15) is 14.3 Å². The summed E-state index contributed by atoms with van der Waals surface area (Å²) in [6.07, 6.45) is -0.343. The minimum atomic E-state index is -2.33. The van der Waals surface area contributed by atoms with E-state index in [1.54, 1.807) is 0 Å². The molecule has 0 aromatic heterocycles. The van der Waals surface area contributed by atoms with Gasteiger partial charge >= 0.3 is 5.69 Å². The number of hydrogen-bond donors (Lipinski definition) is 1. The topological polar surface area (TPSA) is 111 Å². The maximum Gasteiger partial charge on any atom is 0.316 e. The zero-order valence-corrected chi connectivity index (χ0v) is 13.0. The molecule has 0 saturated carbocycles. The number of fused-ring (bicyclic) bond motifs is 1. The molecule has 2 aliphatic heterocycles. The predicted molar refractivity (Wildman–Crippen MR) is 79.3 cm³/mol. The molecule has 0 aliphatic carbocycles. The number of nitrogens with zero attached hydrogens (tertiary/aromatic N) is 2. The number of nitro groups is 1. The van der Waals surface area contributed by atoms with E-state index in [-0.39, 0.29) is 34.8 Å². The SMILES string of the molecule is O=[N+]([O-])c1cc(S(=O)O)cc2c1OC(CN1CCOCC1)CO2. The monoisotopic (exact) mass is 344 g/mol. The molecule has 23 heavy (non-hydrogen) atoms. The van der Waals surface area contributed by atoms with Gasteiger partial charge in [0.1, 0.15) is 12.7 Å². The van der Waals surface area contributed by atoms with Gasteiger partial charge in [0, 0.05) is 31.8 Å². The molecular weight excluding hydrogens is 328 g/mol. The van der Waals surface area contributed by atoms with E-state index in [1.165, 1.54) is 6.07 Å². The van der Waals surface area contributed by atoms with E-state index in [1.807, 2.05) is 0 Å². The maximum atomic E-state index is 11.2. The molecule has 1 aromatic carbocycles. The number of rotatable bonds is 4. The van der Waals surface area contributed by atoms with Crippen LogP contribution in [0.5, 0.6) is 11.5 Å². The van der Waals surface area contributed by atoms with Crippen LogP contribution in [0.25, 0.3) is 0 Å². The second-order valence-electron chi connectivity index (χ2n) is 5.24. The Hall–Kier alpha value is -1.75. The summed E-state index contributed by atoms with van der Waals surface area (Å²) < 4.78 is 36.8. The fourth-order valence-corrected chi connectivity index (χ4v) is 2.99. The summed E-state index contributed by atoms with van der Waals surface area (Å²) in [7, 11) is 0. The number of ether oxygens (including phenoxy) is 3. The van der Waals surface area contributed by atoms with E-state index >= 15 is 0 Å². The Kier molecular flexibility index (Phi) is 4.76. The van der Waals surface area contributed by atoms with Crippen molar-refractivity contribution < 1.29 is 27.9 Å². The summed E-state index contributed by atoms with van der Waals surface area (Å²) in [5.74, 6) is 0.128. The average Bonchev–Trinajstić information content (AvgIpc) is 2.54. The first-order valence-corrected chi connectivity index (χ1v) is 8.18. The highest BCUT2D eigenvalue weighted by Crippen LogP contribution is 2.42. The predicted octanol–water partition coefficient (Wildman–Crippen LogP) is 0.647. The van der Waals surface area contributed by atoms with E-state index in [0.717, 1.165) is 19.2 Å². The summed E-state index contributed by atoms with van der Waals surface area (Å²) in [6, 6.07) is 2.33. The lowest BCUT2D eigenvalue weighted by Crippen LogP contribution is -2.45. The van der Waals surface area contributed by atoms with Crippen LogP contribution >= 0.6 is 0 Å². The Morgan fingerprint density at radius 3 is 2.78 bits per heavy atom. The van der Waals surface area contributed by atoms with E-state index in [0.29, 0.717) is 19.8 Å². The normalized spacial score (nSPS) is 22.6. The van der Waals surface area contributed by atoms with Crippen molar-refractivity contribution in [3.63, 3.8) is 0 Å². The van der Waals surface area contributed by atoms with Gasteiger partial charge in [-0.05, 0) is 0 Å². The van der Waals surface area contributed by atoms with E-state index in [4.69, 9.17) is 18.8 Å². The Labute approximate surface area is 134 Å². The third kappa shape index (κ3) is 3.61. The third-order valence-electron chi connectivity index (χ3n) is 3.68. The number of nitro benzene ring substituents is 1. The fraction of sp³-hybridized carbons (Fsp3) is 0.538. The van der Waals surface area contributed by atoms with Crippen molar-refractivity contribution in [2.45, 2.75) is 11.0 Å². The Morgan fingerprint density at radius 2 is 2.13 bits per heavy atom. The summed E-state index contributed by atoms with van der Waals surface area (Å²) in [5, 5.41) is 11.2. The highest BCUT2D eigenvalue weighted by atomic mass is 32.2. The lowest BCUT2D eigenvalue weighted by atomic mass is 10.2. The molecule has 2 aliphatic rings. The lowest BCUT2D eigenvalue weighted by Gasteiger charge is -2.32. The fourth-order valence-electron chi connectivity index (χ4n) is 2.57. The first kappa shape index (κ1) is 16.1. The third-order valence-corrected chi connectivity index (χ3v) is 4.32. The van der Waals surface area contributed by atoms with Crippen LogP contribution in [-0.2, 0) is 15.8 Å². The molecule has 2 atom stereocenters. The van der Waals surface area contributed by atoms with Crippen molar-refractivity contribution in [3.05, 3.63) is 22.2 Å². The minimum Gasteiger partial charge on any atom is -0.485 e. The molecule has 10 heteroatoms. The molecule has 0 radical (unpaired) electrons. The summed E-state index contributed by atoms with van der Waals surface area (Å²) in [6.45, 7) is 3.65. The molecule has 1 N–H and O–H groups in total. The van der Waals surface area contributed by atoms with Crippen LogP contribution in [0.4, 0.5) is 5.69 Å². The Morgan fingerprint density at radius 1 is 1.39 bits per heavy atom. The van der Waals surface area contributed by atoms with Crippen LogP contribution in [0.2, 0.25) is 0 Å². The van der Waals surface area contributed by atoms with Gasteiger partial charge < -0.3 is 18.8 Å². The number of benzene rings is 1. The summed E-state index contributed by atoms with van der Waals surface area (Å²) >= 11 is -2.33. The molecule has 0 amide bonds. The van der Waals surface area contributed by atoms with Crippen LogP contribution in [0, 0.1) is 10.1 Å². The largest absolute Gasteiger partial charge is 0.485 e. The molecule has 1 aromatic rings. The van der Waals surface area contributed by atoms with Gasteiger partial charge in [-0.25, -0.2) is 4.21 Å². The van der Waals surface area contributed by atoms with Crippen molar-refractivity contribution in [3.8, 4) is 11.5 Å². The Balaban J connectivity index is 1.81. The highest BCUT2D eigenvalue weighted by Gasteiger charge is 2.31. The van der Waals surface area contributed by atoms with Gasteiger partial charge in [0.25, 0.3) is 0 Å². The van der Waals surface area contributed by atoms with Gasteiger partial charge in [-0.1, -0.05) is 0 Å². The zero-order valence-electron chi connectivity index (χ0n) is 12.2. The van der Waals surface area contributed by atoms with Crippen LogP contribution in [-0.4, -0.2) is 64.1 Å². The average molecular weight is 344 g/mol. The first-order valence-electron chi connectivity index (χ1n) is 7.07. The van der Waals surface area contributed by atoms with Crippen LogP contribution in [0.3, 0.4) is 0 Å². The molecule has 1 fully saturated rings. The second kappa shape index (κ2) is 6.79. The maximum absolute atomic E-state index is 11.2. The zero-order chi connectivity index (χ0) is 16.4. The van der Waals surface area contributed by atoms with Crippen LogP contribution in [0.15, 0.2) is 17.0 Å². The quantitative estimate of drug-likeness (QED) is 0.481. The van der Waals surface area contributed by atoms with Gasteiger partial charge in [-0.15, -0.1) is 0 Å². The molecule has 0 spiro atoms. The second-order valence-corrected chi connectivity index (χ2v) is 6.21. The highest BCUT2D eigenvalue weighted by molar-refractivity contribution is 7.79. The van der Waals surface area contributed by atoms with Gasteiger partial charge in [-0.3, -0.25) is 15.0 Å². The van der Waals surface area contributed by atoms with Crippen molar-refractivity contribution in [2.75, 3.05) is 39.5 Å². The molecule has 3 rings (SSSR count). The first-order chi connectivity index (χ1) is 11.0. The number of hydrogen-bond acceptors (Lipinski definition) is 7. The number of morpholine rings is 1. The Bertz CT molecular complexity index is 633. The smallest absolute Gasteiger partial charge is 0.316 e. The van der Waals surface area contributed by atoms with Gasteiger partial charge in [0.2, 0.25) is 5.75 Å². The van der Waals surface area contributed by atoms with Crippen molar-refractivity contribution in [1.29, 1.82) is 0 Å². The summed E-state index contributed by atoms with van der Waals surface area (Å²) in [5.41, 5.74) is -0.369. The summed E-state index contributed by atoms with van der Waals surface area (Å²) in [4.78, 5) is 12.6. The molecular formula is C13H16N2O7S. The molecule has 0 bridgehead atoms. The van der Waals surface area contributed by atoms with Crippen molar-refractivity contribution in [2.24, 2.45) is 0 Å². The lowest BCUT2D eigenvalue weighted by molar-refractivity contribution is -0.386. The molecule has 9 nitrogen and oxygen atoms in total. The molecule has 2 unspecified atom stereocenters. The van der Waals surface area contributed by atoms with Gasteiger partial charge in [-0.2, -0.15) is 0 Å². The van der Waals surface area contributed by atoms with E-state index in [2.05, 4.69) is 4.90 Å². The van der Waals surface area contributed by atoms with E-state index < -0.39 is 16.0 Å². The minimum absolute atomic E-state index is 0.00806. The van der Waals surface area contributed by atoms with Crippen molar-refractivity contribution >= 4 is 16.8 Å². The standard InChI is InChI=1S/C13H16N2O7S/c16-15(17)11-5-10(23(18)19)6-12-13(11)22-9(8-21-12)7-14-1-3-20-4-2-14/h5-6,9H,1-4,7-8H2,(H,18,19). The van der Waals surface area contributed by atoms with Gasteiger partial charge in [0.15, 0.2) is 16.8 Å². The molecule has 126 valence electrons. The van der Waals surface area contributed by atoms with Crippen LogP contribution < -0.4 is 9.47 Å². The van der Waals surface area contributed by atoms with Crippen molar-refractivity contribution in [1.82, 2.24) is 4.90 Å². The molecule has 1 saturated heterocycles. The van der Waals surface area contributed by atoms with Crippen LogP contribution in [0.1, 0.15) is 0 Å².